The monoisotopic (exact) mass is 171 g/mol. The Kier molecular flexibility index (Phi) is 1.25. The number of fused-ring (bicyclic) bond motifs is 1. The fraction of sp³-hybridized carbons (Fsp3) is 0.200. The third kappa shape index (κ3) is 0.932. The van der Waals surface area contributed by atoms with E-state index in [0.717, 1.165) is 0 Å². The standard InChI is InChI=1S/C5H6ClN5/c6-3-2-4(9-1-8-2)11-5(7)10-3/h1,3H,(H,8,9)(H3,7,10,11). The molecule has 1 aliphatic heterocycles. The van der Waals surface area contributed by atoms with Crippen LogP contribution in [-0.2, 0) is 0 Å². The molecular weight excluding hydrogens is 166 g/mol. The number of nitrogens with zero attached hydrogens (tertiary/aromatic N) is 2. The normalized spacial score (nSPS) is 21.9. The van der Waals surface area contributed by atoms with Crippen LogP contribution in [0.4, 0.5) is 5.82 Å². The van der Waals surface area contributed by atoms with Gasteiger partial charge in [0.15, 0.2) is 17.3 Å². The Hall–Kier alpha value is -1.23. The van der Waals surface area contributed by atoms with Crippen molar-refractivity contribution < 1.29 is 0 Å². The van der Waals surface area contributed by atoms with Crippen LogP contribution in [0.2, 0.25) is 0 Å². The van der Waals surface area contributed by atoms with Crippen LogP contribution in [0.5, 0.6) is 0 Å². The number of rotatable bonds is 0. The minimum atomic E-state index is -0.381. The van der Waals surface area contributed by atoms with Gasteiger partial charge in [0.1, 0.15) is 5.69 Å². The Morgan fingerprint density at radius 1 is 1.64 bits per heavy atom. The van der Waals surface area contributed by atoms with Crippen LogP contribution in [-0.4, -0.2) is 15.9 Å². The topological polar surface area (TPSA) is 79.1 Å². The maximum absolute atomic E-state index is 5.83. The highest BCUT2D eigenvalue weighted by Gasteiger charge is 2.20. The number of guanidine groups is 1. The lowest BCUT2D eigenvalue weighted by Gasteiger charge is -2.14. The van der Waals surface area contributed by atoms with Gasteiger partial charge in [0.25, 0.3) is 0 Å². The average molecular weight is 172 g/mol. The first-order chi connectivity index (χ1) is 5.27. The Morgan fingerprint density at radius 3 is 3.27 bits per heavy atom. The summed E-state index contributed by atoms with van der Waals surface area (Å²) < 4.78 is 0. The highest BCUT2D eigenvalue weighted by atomic mass is 35.5. The highest BCUT2D eigenvalue weighted by Crippen LogP contribution is 2.26. The molecule has 5 nitrogen and oxygen atoms in total. The number of nitrogens with two attached hydrogens (primary N) is 1. The van der Waals surface area contributed by atoms with Gasteiger partial charge in [-0.15, -0.1) is 0 Å². The maximum atomic E-state index is 5.83. The number of hydrogen-bond donors (Lipinski definition) is 3. The fourth-order valence-corrected chi connectivity index (χ4v) is 1.20. The molecule has 11 heavy (non-hydrogen) atoms. The van der Waals surface area contributed by atoms with Gasteiger partial charge in [-0.05, 0) is 0 Å². The Bertz CT molecular complexity index is 304. The van der Waals surface area contributed by atoms with Crippen molar-refractivity contribution in [2.75, 3.05) is 0 Å². The van der Waals surface area contributed by atoms with Crippen molar-refractivity contribution in [2.24, 2.45) is 10.7 Å². The summed E-state index contributed by atoms with van der Waals surface area (Å²) >= 11 is 5.83. The largest absolute Gasteiger partial charge is 0.370 e. The molecule has 0 fully saturated rings. The van der Waals surface area contributed by atoms with Gasteiger partial charge in [-0.1, -0.05) is 11.6 Å². The minimum absolute atomic E-state index is 0.307. The van der Waals surface area contributed by atoms with E-state index in [4.69, 9.17) is 17.3 Å². The molecule has 0 spiro atoms. The zero-order valence-electron chi connectivity index (χ0n) is 5.50. The van der Waals surface area contributed by atoms with Crippen LogP contribution >= 0.6 is 11.6 Å². The van der Waals surface area contributed by atoms with E-state index in [1.807, 2.05) is 0 Å². The Labute approximate surface area is 67.7 Å². The van der Waals surface area contributed by atoms with E-state index >= 15 is 0 Å². The first kappa shape index (κ1) is 6.48. The van der Waals surface area contributed by atoms with Gasteiger partial charge in [-0.2, -0.15) is 4.99 Å². The number of aromatic amines is 1. The molecule has 58 valence electrons. The fourth-order valence-electron chi connectivity index (χ4n) is 0.924. The summed E-state index contributed by atoms with van der Waals surface area (Å²) in [5.74, 6) is 0.933. The molecule has 0 radical (unpaired) electrons. The quantitative estimate of drug-likeness (QED) is 0.385. The Morgan fingerprint density at radius 2 is 2.45 bits per heavy atom. The second-order valence-corrected chi connectivity index (χ2v) is 2.58. The lowest BCUT2D eigenvalue weighted by Crippen LogP contribution is -2.34. The van der Waals surface area contributed by atoms with Crippen LogP contribution in [0.3, 0.4) is 0 Å². The summed E-state index contributed by atoms with van der Waals surface area (Å²) in [6.07, 6.45) is 1.53. The summed E-state index contributed by atoms with van der Waals surface area (Å²) in [7, 11) is 0. The smallest absolute Gasteiger partial charge is 0.196 e. The number of nitrogens with one attached hydrogen (secondary N) is 2. The molecule has 2 rings (SSSR count). The van der Waals surface area contributed by atoms with Gasteiger partial charge in [0.05, 0.1) is 6.33 Å². The molecule has 4 N–H and O–H groups in total. The summed E-state index contributed by atoms with van der Waals surface area (Å²) in [5, 5.41) is 2.73. The van der Waals surface area contributed by atoms with Crippen molar-refractivity contribution in [1.82, 2.24) is 15.3 Å². The number of halogens is 1. The number of H-pyrrole nitrogens is 1. The third-order valence-corrected chi connectivity index (χ3v) is 1.71. The maximum Gasteiger partial charge on any atom is 0.196 e. The number of aliphatic imine (C=N–C) groups is 1. The molecule has 1 aliphatic rings. The lowest BCUT2D eigenvalue weighted by molar-refractivity contribution is 0.818. The van der Waals surface area contributed by atoms with Crippen molar-refractivity contribution >= 4 is 23.4 Å². The summed E-state index contributed by atoms with van der Waals surface area (Å²) in [6, 6.07) is 0. The zero-order chi connectivity index (χ0) is 7.84. The van der Waals surface area contributed by atoms with E-state index in [0.29, 0.717) is 17.5 Å². The second kappa shape index (κ2) is 2.13. The van der Waals surface area contributed by atoms with Crippen LogP contribution in [0.1, 0.15) is 11.2 Å². The van der Waals surface area contributed by atoms with Gasteiger partial charge in [0.2, 0.25) is 0 Å². The predicted octanol–water partition coefficient (Wildman–Crippen LogP) is 0.196. The molecule has 1 aromatic heterocycles. The van der Waals surface area contributed by atoms with Crippen LogP contribution in [0, 0.1) is 0 Å². The molecule has 0 saturated heterocycles. The van der Waals surface area contributed by atoms with Crippen LogP contribution < -0.4 is 11.1 Å². The SMILES string of the molecule is NC1=Nc2[nH]cnc2C(Cl)N1. The molecule has 2 heterocycles. The Balaban J connectivity index is 2.51. The molecule has 0 amide bonds. The molecule has 1 unspecified atom stereocenters. The van der Waals surface area contributed by atoms with Gasteiger partial charge < -0.3 is 16.0 Å². The van der Waals surface area contributed by atoms with Crippen molar-refractivity contribution in [1.29, 1.82) is 0 Å². The van der Waals surface area contributed by atoms with Gasteiger partial charge in [0, 0.05) is 0 Å². The van der Waals surface area contributed by atoms with E-state index < -0.39 is 0 Å². The van der Waals surface area contributed by atoms with E-state index in [9.17, 15) is 0 Å². The highest BCUT2D eigenvalue weighted by molar-refractivity contribution is 6.22. The van der Waals surface area contributed by atoms with E-state index in [1.165, 1.54) is 6.33 Å². The lowest BCUT2D eigenvalue weighted by atomic mass is 10.4. The predicted molar refractivity (Wildman–Crippen MR) is 41.6 cm³/mol. The van der Waals surface area contributed by atoms with Gasteiger partial charge in [-0.25, -0.2) is 4.98 Å². The number of alkyl halides is 1. The first-order valence-corrected chi connectivity index (χ1v) is 3.49. The van der Waals surface area contributed by atoms with Crippen LogP contribution in [0.25, 0.3) is 0 Å². The molecule has 0 bridgehead atoms. The first-order valence-electron chi connectivity index (χ1n) is 3.05. The van der Waals surface area contributed by atoms with Crippen LogP contribution in [0.15, 0.2) is 11.3 Å². The second-order valence-electron chi connectivity index (χ2n) is 2.14. The molecule has 0 aromatic carbocycles. The van der Waals surface area contributed by atoms with E-state index in [1.54, 1.807) is 0 Å². The van der Waals surface area contributed by atoms with Crippen molar-refractivity contribution in [3.05, 3.63) is 12.0 Å². The van der Waals surface area contributed by atoms with E-state index in [-0.39, 0.29) is 5.50 Å². The molecule has 0 aliphatic carbocycles. The third-order valence-electron chi connectivity index (χ3n) is 1.39. The average Bonchev–Trinajstić information content (AvgIpc) is 2.34. The molecule has 1 aromatic rings. The number of aromatic nitrogens is 2. The molecule has 6 heteroatoms. The van der Waals surface area contributed by atoms with Crippen molar-refractivity contribution in [3.63, 3.8) is 0 Å². The van der Waals surface area contributed by atoms with Gasteiger partial charge in [-0.3, -0.25) is 0 Å². The molecule has 1 atom stereocenters. The number of imidazole rings is 1. The minimum Gasteiger partial charge on any atom is -0.370 e. The van der Waals surface area contributed by atoms with E-state index in [2.05, 4.69) is 20.3 Å². The van der Waals surface area contributed by atoms with Crippen molar-refractivity contribution in [2.45, 2.75) is 5.50 Å². The summed E-state index contributed by atoms with van der Waals surface area (Å²) in [6.45, 7) is 0. The number of hydrogen-bond acceptors (Lipinski definition) is 4. The van der Waals surface area contributed by atoms with Crippen molar-refractivity contribution in [3.8, 4) is 0 Å². The summed E-state index contributed by atoms with van der Waals surface area (Å²) in [5.41, 5.74) is 5.71. The molecule has 0 saturated carbocycles. The summed E-state index contributed by atoms with van der Waals surface area (Å²) in [4.78, 5) is 10.7. The molecular formula is C5H6ClN5. The van der Waals surface area contributed by atoms with Gasteiger partial charge >= 0.3 is 0 Å². The zero-order valence-corrected chi connectivity index (χ0v) is 6.26.